The first kappa shape index (κ1) is 24.4. The molecule has 174 valence electrons. The molecule has 2 aliphatic heterocycles. The van der Waals surface area contributed by atoms with Gasteiger partial charge in [-0.05, 0) is 23.8 Å². The number of thioether (sulfide) groups is 1. The predicted molar refractivity (Wildman–Crippen MR) is 115 cm³/mol. The molecule has 2 aliphatic rings. The summed E-state index contributed by atoms with van der Waals surface area (Å²) in [6, 6.07) is 4.58. The van der Waals surface area contributed by atoms with Gasteiger partial charge >= 0.3 is 5.97 Å². The Morgan fingerprint density at radius 3 is 2.59 bits per heavy atom. The maximum Gasteiger partial charge on any atom is 0.323 e. The van der Waals surface area contributed by atoms with Crippen LogP contribution in [-0.4, -0.2) is 97.6 Å². The summed E-state index contributed by atoms with van der Waals surface area (Å²) in [6.45, 7) is -1.13. The third-order valence-electron chi connectivity index (χ3n) is 4.74. The van der Waals surface area contributed by atoms with Crippen LogP contribution >= 0.6 is 24.0 Å². The quantitative estimate of drug-likeness (QED) is 0.239. The Bertz CT molecular complexity index is 937. The van der Waals surface area contributed by atoms with Gasteiger partial charge in [0.05, 0.1) is 18.6 Å². The van der Waals surface area contributed by atoms with Crippen LogP contribution in [0.15, 0.2) is 23.1 Å². The second-order valence-electron chi connectivity index (χ2n) is 6.89. The van der Waals surface area contributed by atoms with Gasteiger partial charge in [-0.1, -0.05) is 30.0 Å². The van der Waals surface area contributed by atoms with Crippen LogP contribution in [0, 0.1) is 0 Å². The Balaban J connectivity index is 1.79. The first-order chi connectivity index (χ1) is 15.2. The molecular formula is C19H21NO10S2. The van der Waals surface area contributed by atoms with Crippen LogP contribution in [0.1, 0.15) is 5.56 Å². The van der Waals surface area contributed by atoms with Gasteiger partial charge in [0.1, 0.15) is 35.3 Å². The van der Waals surface area contributed by atoms with E-state index in [-0.39, 0.29) is 20.7 Å². The van der Waals surface area contributed by atoms with E-state index in [1.807, 2.05) is 0 Å². The molecule has 1 aromatic rings. The number of carboxylic acids is 1. The largest absolute Gasteiger partial charge is 0.493 e. The average molecular weight is 488 g/mol. The third kappa shape index (κ3) is 5.04. The lowest BCUT2D eigenvalue weighted by molar-refractivity contribution is -0.277. The fourth-order valence-electron chi connectivity index (χ4n) is 3.08. The van der Waals surface area contributed by atoms with Crippen LogP contribution in [-0.2, 0) is 14.3 Å². The molecule has 1 aromatic carbocycles. The highest BCUT2D eigenvalue weighted by Gasteiger charge is 2.45. The maximum absolute atomic E-state index is 12.4. The predicted octanol–water partition coefficient (Wildman–Crippen LogP) is -0.840. The van der Waals surface area contributed by atoms with Crippen molar-refractivity contribution in [3.63, 3.8) is 0 Å². The zero-order chi connectivity index (χ0) is 23.6. The van der Waals surface area contributed by atoms with Gasteiger partial charge in [0.2, 0.25) is 6.29 Å². The molecule has 5 N–H and O–H groups in total. The highest BCUT2D eigenvalue weighted by atomic mass is 32.2. The van der Waals surface area contributed by atoms with Gasteiger partial charge in [-0.15, -0.1) is 0 Å². The van der Waals surface area contributed by atoms with Gasteiger partial charge in [0.15, 0.2) is 11.5 Å². The molecule has 2 saturated heterocycles. The molecule has 3 rings (SSSR count). The smallest absolute Gasteiger partial charge is 0.323 e. The van der Waals surface area contributed by atoms with Crippen molar-refractivity contribution in [3.05, 3.63) is 28.7 Å². The summed E-state index contributed by atoms with van der Waals surface area (Å²) in [5.74, 6) is -1.37. The second kappa shape index (κ2) is 10.1. The second-order valence-corrected chi connectivity index (χ2v) is 8.56. The Morgan fingerprint density at radius 2 is 1.97 bits per heavy atom. The minimum atomic E-state index is -1.59. The number of carbonyl (C=O) groups excluding carboxylic acids is 1. The molecule has 0 aromatic heterocycles. The molecule has 1 amide bonds. The lowest BCUT2D eigenvalue weighted by Gasteiger charge is -2.39. The van der Waals surface area contributed by atoms with E-state index in [0.29, 0.717) is 5.56 Å². The summed E-state index contributed by atoms with van der Waals surface area (Å²) in [6.07, 6.45) is -5.70. The van der Waals surface area contributed by atoms with Crippen molar-refractivity contribution in [1.29, 1.82) is 0 Å². The number of methoxy groups -OCH3 is 1. The van der Waals surface area contributed by atoms with Crippen molar-refractivity contribution < 1.29 is 49.3 Å². The fourth-order valence-corrected chi connectivity index (χ4v) is 4.34. The van der Waals surface area contributed by atoms with Crippen molar-refractivity contribution in [3.8, 4) is 11.5 Å². The minimum absolute atomic E-state index is 0.132. The number of amides is 1. The molecule has 0 saturated carbocycles. The van der Waals surface area contributed by atoms with Crippen LogP contribution in [0.3, 0.4) is 0 Å². The van der Waals surface area contributed by atoms with Crippen LogP contribution in [0.4, 0.5) is 0 Å². The summed E-state index contributed by atoms with van der Waals surface area (Å²) in [5, 5.41) is 48.1. The number of carboxylic acid groups (broad SMARTS) is 1. The van der Waals surface area contributed by atoms with Gasteiger partial charge in [-0.2, -0.15) is 0 Å². The monoisotopic (exact) mass is 487 g/mol. The topological polar surface area (TPSA) is 166 Å². The van der Waals surface area contributed by atoms with E-state index >= 15 is 0 Å². The molecule has 13 heteroatoms. The van der Waals surface area contributed by atoms with Crippen LogP contribution < -0.4 is 9.47 Å². The summed E-state index contributed by atoms with van der Waals surface area (Å²) in [7, 11) is 1.37. The Kier molecular flexibility index (Phi) is 7.71. The van der Waals surface area contributed by atoms with E-state index in [1.165, 1.54) is 25.3 Å². The average Bonchev–Trinajstić information content (AvgIpc) is 3.01. The zero-order valence-corrected chi connectivity index (χ0v) is 18.3. The molecular weight excluding hydrogens is 466 g/mol. The number of aliphatic hydroxyl groups is 4. The number of thiocarbonyl (C=S) groups is 1. The molecule has 2 fully saturated rings. The first-order valence-electron chi connectivity index (χ1n) is 9.28. The molecule has 32 heavy (non-hydrogen) atoms. The number of ether oxygens (including phenoxy) is 3. The number of benzene rings is 1. The molecule has 0 radical (unpaired) electrons. The number of nitrogens with zero attached hydrogens (tertiary/aromatic N) is 1. The normalized spacial score (nSPS) is 29.5. The summed E-state index contributed by atoms with van der Waals surface area (Å²) in [4.78, 5) is 24.6. The van der Waals surface area contributed by atoms with E-state index in [4.69, 9.17) is 31.5 Å². The standard InChI is InChI=1S/C19H21NO10S2/c1-28-10-4-8(5-12-17(27)20(6-13(22)23)19(31)32-12)2-3-9(10)29-18-16(26)15(25)14(24)11(7-21)30-18/h2-5,11,14-16,18,21,24-26H,6-7H2,1H3,(H,22,23)/t11-,14-,15+,16-,18-/m1/s1. The fraction of sp³-hybridized carbons (Fsp3) is 0.421. The van der Waals surface area contributed by atoms with Gasteiger partial charge in [0.25, 0.3) is 5.91 Å². The maximum atomic E-state index is 12.4. The van der Waals surface area contributed by atoms with Crippen LogP contribution in [0.2, 0.25) is 0 Å². The SMILES string of the molecule is COc1cc(C=C2SC(=S)N(CC(=O)O)C2=O)ccc1O[C@@H]1O[C@H](CO)[C@@H](O)[C@H](O)[C@H]1O. The van der Waals surface area contributed by atoms with E-state index in [2.05, 4.69) is 0 Å². The lowest BCUT2D eigenvalue weighted by atomic mass is 9.99. The van der Waals surface area contributed by atoms with Crippen LogP contribution in [0.5, 0.6) is 11.5 Å². The Labute approximate surface area is 191 Å². The van der Waals surface area contributed by atoms with E-state index < -0.39 is 55.7 Å². The van der Waals surface area contributed by atoms with Gasteiger partial charge < -0.3 is 39.7 Å². The zero-order valence-electron chi connectivity index (χ0n) is 16.7. The highest BCUT2D eigenvalue weighted by molar-refractivity contribution is 8.26. The summed E-state index contributed by atoms with van der Waals surface area (Å²) >= 11 is 6.04. The van der Waals surface area contributed by atoms with Crippen molar-refractivity contribution >= 4 is 46.3 Å². The molecule has 2 heterocycles. The number of rotatable bonds is 7. The van der Waals surface area contributed by atoms with Gasteiger partial charge in [-0.25, -0.2) is 0 Å². The Hall–Kier alpha value is -2.26. The summed E-state index contributed by atoms with van der Waals surface area (Å²) < 4.78 is 16.4. The van der Waals surface area contributed by atoms with Crippen molar-refractivity contribution in [2.75, 3.05) is 20.3 Å². The number of aliphatic hydroxyl groups excluding tert-OH is 4. The minimum Gasteiger partial charge on any atom is -0.493 e. The molecule has 0 unspecified atom stereocenters. The highest BCUT2D eigenvalue weighted by Crippen LogP contribution is 2.35. The van der Waals surface area contributed by atoms with Crippen molar-refractivity contribution in [2.24, 2.45) is 0 Å². The van der Waals surface area contributed by atoms with Crippen LogP contribution in [0.25, 0.3) is 6.08 Å². The number of hydrogen-bond donors (Lipinski definition) is 5. The summed E-state index contributed by atoms with van der Waals surface area (Å²) in [5.41, 5.74) is 0.527. The molecule has 0 bridgehead atoms. The molecule has 0 spiro atoms. The molecule has 11 nitrogen and oxygen atoms in total. The third-order valence-corrected chi connectivity index (χ3v) is 6.12. The number of carbonyl (C=O) groups is 2. The lowest BCUT2D eigenvalue weighted by Crippen LogP contribution is -2.60. The van der Waals surface area contributed by atoms with E-state index in [0.717, 1.165) is 16.7 Å². The van der Waals surface area contributed by atoms with E-state index in [9.17, 15) is 30.0 Å². The number of hydrogen-bond acceptors (Lipinski definition) is 11. The van der Waals surface area contributed by atoms with Gasteiger partial charge in [0, 0.05) is 0 Å². The Morgan fingerprint density at radius 1 is 1.25 bits per heavy atom. The number of aliphatic carboxylic acids is 1. The van der Waals surface area contributed by atoms with Gasteiger partial charge in [-0.3, -0.25) is 14.5 Å². The molecule has 0 aliphatic carbocycles. The van der Waals surface area contributed by atoms with Crippen molar-refractivity contribution in [1.82, 2.24) is 4.90 Å². The van der Waals surface area contributed by atoms with E-state index in [1.54, 1.807) is 6.07 Å². The van der Waals surface area contributed by atoms with Crippen molar-refractivity contribution in [2.45, 2.75) is 30.7 Å². The first-order valence-corrected chi connectivity index (χ1v) is 10.5. The molecule has 5 atom stereocenters.